The summed E-state index contributed by atoms with van der Waals surface area (Å²) in [4.78, 5) is 9.69. The molecule has 0 aliphatic heterocycles. The number of halogens is 17. The minimum Gasteiger partial charge on any atom is -0.544 e. The van der Waals surface area contributed by atoms with Gasteiger partial charge in [-0.1, -0.05) is 0 Å². The molecule has 0 amide bonds. The number of rotatable bonds is 8. The maximum atomic E-state index is 13.1. The maximum absolute atomic E-state index is 13.1. The van der Waals surface area contributed by atoms with Gasteiger partial charge in [-0.15, -0.1) is 0 Å². The Bertz CT molecular complexity index is 626. The monoisotopic (exact) mass is 518 g/mol. The molecule has 0 N–H and O–H groups in total. The fraction of sp³-hybridized carbons (Fsp3) is 0.889. The van der Waals surface area contributed by atoms with Gasteiger partial charge in [-0.25, -0.2) is 0 Å². The SMILES string of the molecule is O=C([O-])C(F)(F)C(F)(F)C(F)(F)C(F)(F)C(F)(F)C(F)(F)C(F)(F)C(F)(F)Cl.[K+]. The number of alkyl halides is 17. The molecule has 0 aromatic heterocycles. The molecule has 0 rings (SSSR count). The second-order valence-corrected chi connectivity index (χ2v) is 5.28. The Morgan fingerprint density at radius 1 is 0.517 bits per heavy atom. The molecule has 2 nitrogen and oxygen atoms in total. The molecule has 0 saturated carbocycles. The van der Waals surface area contributed by atoms with E-state index in [1.807, 2.05) is 0 Å². The smallest absolute Gasteiger partial charge is 0.544 e. The van der Waals surface area contributed by atoms with Gasteiger partial charge in [0.25, 0.3) is 0 Å². The van der Waals surface area contributed by atoms with Crippen molar-refractivity contribution in [1.82, 2.24) is 0 Å². The number of carbonyl (C=O) groups excluding carboxylic acids is 1. The molecule has 0 atom stereocenters. The fourth-order valence-electron chi connectivity index (χ4n) is 1.29. The van der Waals surface area contributed by atoms with Crippen molar-refractivity contribution in [1.29, 1.82) is 0 Å². The van der Waals surface area contributed by atoms with E-state index in [-0.39, 0.29) is 51.4 Å². The van der Waals surface area contributed by atoms with Gasteiger partial charge in [-0.3, -0.25) is 0 Å². The molecular weight excluding hydrogens is 519 g/mol. The Hall–Kier alpha value is 0.276. The van der Waals surface area contributed by atoms with Crippen LogP contribution in [0.25, 0.3) is 0 Å². The van der Waals surface area contributed by atoms with Crippen LogP contribution in [0.5, 0.6) is 0 Å². The number of hydrogen-bond donors (Lipinski definition) is 0. The standard InChI is InChI=1S/C9HClF16O2.K/c10-9(25,26)8(23,24)7(21,22)6(19,20)5(17,18)4(15,16)3(13,14)2(11,12)1(27)28;/h(H,27,28);/q;+1/p-1. The first-order chi connectivity index (χ1) is 11.7. The van der Waals surface area contributed by atoms with E-state index in [2.05, 4.69) is 11.6 Å². The minimum absolute atomic E-state index is 0. The summed E-state index contributed by atoms with van der Waals surface area (Å²) in [7, 11) is 0. The van der Waals surface area contributed by atoms with Crippen molar-refractivity contribution < 1.29 is 132 Å². The van der Waals surface area contributed by atoms with Gasteiger partial charge in [0, 0.05) is 0 Å². The summed E-state index contributed by atoms with van der Waals surface area (Å²) in [5.74, 6) is -62.3. The van der Waals surface area contributed by atoms with Crippen LogP contribution in [0.4, 0.5) is 70.2 Å². The molecule has 0 spiro atoms. The van der Waals surface area contributed by atoms with Gasteiger partial charge in [0.2, 0.25) is 0 Å². The van der Waals surface area contributed by atoms with Crippen LogP contribution in [-0.4, -0.2) is 52.8 Å². The molecule has 0 aliphatic rings. The Labute approximate surface area is 194 Å². The molecule has 0 bridgehead atoms. The van der Waals surface area contributed by atoms with Crippen LogP contribution in [0, 0.1) is 0 Å². The molecule has 168 valence electrons. The van der Waals surface area contributed by atoms with Crippen molar-refractivity contribution >= 4 is 17.6 Å². The summed E-state index contributed by atoms with van der Waals surface area (Å²) < 4.78 is 204. The average molecular weight is 519 g/mol. The quantitative estimate of drug-likeness (QED) is 0.274. The summed E-state index contributed by atoms with van der Waals surface area (Å²) in [6.45, 7) is 0. The third-order valence-electron chi connectivity index (χ3n) is 2.98. The molecular formula is C9ClF16KO2. The van der Waals surface area contributed by atoms with Crippen LogP contribution >= 0.6 is 11.6 Å². The summed E-state index contributed by atoms with van der Waals surface area (Å²) in [5, 5.41) is 2.81. The minimum atomic E-state index is -8.68. The van der Waals surface area contributed by atoms with E-state index in [0.717, 1.165) is 0 Å². The van der Waals surface area contributed by atoms with Gasteiger partial charge in [0.05, 0.1) is 0 Å². The molecule has 0 aliphatic carbocycles. The van der Waals surface area contributed by atoms with Crippen LogP contribution in [0.15, 0.2) is 0 Å². The van der Waals surface area contributed by atoms with Crippen LogP contribution in [0.1, 0.15) is 0 Å². The second kappa shape index (κ2) is 8.00. The van der Waals surface area contributed by atoms with Crippen LogP contribution < -0.4 is 56.5 Å². The number of aliphatic carboxylic acids is 1. The Morgan fingerprint density at radius 2 is 0.724 bits per heavy atom. The molecule has 0 saturated heterocycles. The van der Waals surface area contributed by atoms with E-state index in [9.17, 15) is 80.1 Å². The zero-order valence-corrected chi connectivity index (χ0v) is 16.6. The van der Waals surface area contributed by atoms with Gasteiger partial charge in [-0.2, -0.15) is 70.2 Å². The van der Waals surface area contributed by atoms with Crippen molar-refractivity contribution in [2.75, 3.05) is 0 Å². The van der Waals surface area contributed by atoms with Crippen molar-refractivity contribution in [2.24, 2.45) is 0 Å². The molecule has 0 aromatic rings. The van der Waals surface area contributed by atoms with Crippen LogP contribution in [-0.2, 0) is 4.79 Å². The first-order valence-corrected chi connectivity index (χ1v) is 6.00. The van der Waals surface area contributed by atoms with E-state index >= 15 is 0 Å². The molecule has 0 aromatic carbocycles. The van der Waals surface area contributed by atoms with Crippen LogP contribution in [0.3, 0.4) is 0 Å². The van der Waals surface area contributed by atoms with Gasteiger partial charge < -0.3 is 9.90 Å². The summed E-state index contributed by atoms with van der Waals surface area (Å²) in [6.07, 6.45) is 0. The maximum Gasteiger partial charge on any atom is 1.00 e. The van der Waals surface area contributed by atoms with Crippen molar-refractivity contribution in [2.45, 2.75) is 46.8 Å². The zero-order chi connectivity index (χ0) is 23.6. The predicted molar refractivity (Wildman–Crippen MR) is 50.4 cm³/mol. The number of carboxylic acids is 1. The van der Waals surface area contributed by atoms with Crippen molar-refractivity contribution in [3.8, 4) is 0 Å². The van der Waals surface area contributed by atoms with E-state index in [0.29, 0.717) is 0 Å². The van der Waals surface area contributed by atoms with Crippen molar-refractivity contribution in [3.63, 3.8) is 0 Å². The van der Waals surface area contributed by atoms with Gasteiger partial charge in [0.15, 0.2) is 0 Å². The molecule has 20 heteroatoms. The molecule has 0 fully saturated rings. The summed E-state index contributed by atoms with van der Waals surface area (Å²) in [5.41, 5.74) is 0. The van der Waals surface area contributed by atoms with E-state index in [1.54, 1.807) is 0 Å². The molecule has 0 heterocycles. The fourth-order valence-corrected chi connectivity index (χ4v) is 1.41. The van der Waals surface area contributed by atoms with E-state index < -0.39 is 52.8 Å². The largest absolute Gasteiger partial charge is 1.00 e. The third kappa shape index (κ3) is 4.07. The Morgan fingerprint density at radius 3 is 0.931 bits per heavy atom. The Kier molecular flexibility index (Phi) is 8.68. The first-order valence-electron chi connectivity index (χ1n) is 5.62. The van der Waals surface area contributed by atoms with E-state index in [4.69, 9.17) is 0 Å². The average Bonchev–Trinajstić information content (AvgIpc) is 2.44. The molecule has 29 heavy (non-hydrogen) atoms. The van der Waals surface area contributed by atoms with Gasteiger partial charge in [0.1, 0.15) is 5.97 Å². The topological polar surface area (TPSA) is 40.1 Å². The van der Waals surface area contributed by atoms with Gasteiger partial charge in [-0.05, 0) is 11.6 Å². The zero-order valence-electron chi connectivity index (χ0n) is 12.7. The predicted octanol–water partition coefficient (Wildman–Crippen LogP) is 1.02. The second-order valence-electron chi connectivity index (χ2n) is 4.81. The third-order valence-corrected chi connectivity index (χ3v) is 3.22. The number of hydrogen-bond acceptors (Lipinski definition) is 2. The number of carboxylic acid groups (broad SMARTS) is 1. The number of carbonyl (C=O) groups is 1. The molecule has 0 unspecified atom stereocenters. The normalized spacial score (nSPS) is 15.8. The van der Waals surface area contributed by atoms with Crippen LogP contribution in [0.2, 0.25) is 0 Å². The summed E-state index contributed by atoms with van der Waals surface area (Å²) >= 11 is 3.30. The first kappa shape index (κ1) is 31.5. The Balaban J connectivity index is 0. The van der Waals surface area contributed by atoms with E-state index in [1.165, 1.54) is 0 Å². The summed E-state index contributed by atoms with van der Waals surface area (Å²) in [6, 6.07) is 0. The molecule has 0 radical (unpaired) electrons. The van der Waals surface area contributed by atoms with Crippen molar-refractivity contribution in [3.05, 3.63) is 0 Å². The van der Waals surface area contributed by atoms with Gasteiger partial charge >= 0.3 is 98.2 Å².